The van der Waals surface area contributed by atoms with E-state index in [9.17, 15) is 4.79 Å². The Hall–Kier alpha value is -0.370. The normalized spacial score (nSPS) is 40.2. The van der Waals surface area contributed by atoms with E-state index in [1.165, 1.54) is 38.6 Å². The number of rotatable bonds is 2. The van der Waals surface area contributed by atoms with Gasteiger partial charge in [0.05, 0.1) is 0 Å². The molecular formula is C14H23NO. The molecular weight excluding hydrogens is 198 g/mol. The summed E-state index contributed by atoms with van der Waals surface area (Å²) in [4.78, 5) is 14.3. The van der Waals surface area contributed by atoms with Crippen molar-refractivity contribution in [3.63, 3.8) is 0 Å². The molecule has 0 bridgehead atoms. The fourth-order valence-electron chi connectivity index (χ4n) is 4.09. The molecule has 0 aromatic heterocycles. The average molecular weight is 221 g/mol. The Bertz CT molecular complexity index is 276. The number of nitrogens with zero attached hydrogens (tertiary/aromatic N) is 1. The number of hydrogen-bond donors (Lipinski definition) is 0. The van der Waals surface area contributed by atoms with Crippen molar-refractivity contribution in [1.29, 1.82) is 0 Å². The van der Waals surface area contributed by atoms with Crippen LogP contribution in [0.25, 0.3) is 0 Å². The Labute approximate surface area is 98.4 Å². The monoisotopic (exact) mass is 221 g/mol. The summed E-state index contributed by atoms with van der Waals surface area (Å²) >= 11 is 0. The van der Waals surface area contributed by atoms with E-state index < -0.39 is 0 Å². The molecule has 0 aromatic rings. The highest BCUT2D eigenvalue weighted by atomic mass is 16.1. The minimum atomic E-state index is 0.390. The topological polar surface area (TPSA) is 20.3 Å². The van der Waals surface area contributed by atoms with Crippen LogP contribution in [-0.2, 0) is 4.79 Å². The molecule has 0 spiro atoms. The second-order valence-corrected chi connectivity index (χ2v) is 5.95. The summed E-state index contributed by atoms with van der Waals surface area (Å²) < 4.78 is 0. The SMILES string of the molecule is O=C1CCCC1CN1CCC2CCCCC21. The van der Waals surface area contributed by atoms with Crippen LogP contribution >= 0.6 is 0 Å². The molecule has 3 rings (SSSR count). The van der Waals surface area contributed by atoms with Gasteiger partial charge in [-0.25, -0.2) is 0 Å². The first-order valence-electron chi connectivity index (χ1n) is 7.11. The van der Waals surface area contributed by atoms with E-state index in [2.05, 4.69) is 4.90 Å². The summed E-state index contributed by atoms with van der Waals surface area (Å²) in [7, 11) is 0. The van der Waals surface area contributed by atoms with Gasteiger partial charge in [-0.15, -0.1) is 0 Å². The third-order valence-corrected chi connectivity index (χ3v) is 5.01. The standard InChI is InChI=1S/C14H23NO/c16-14-7-3-5-12(14)10-15-9-8-11-4-1-2-6-13(11)15/h11-13H,1-10H2. The zero-order valence-electron chi connectivity index (χ0n) is 10.2. The molecule has 2 nitrogen and oxygen atoms in total. The van der Waals surface area contributed by atoms with Crippen LogP contribution in [0.15, 0.2) is 0 Å². The van der Waals surface area contributed by atoms with Crippen molar-refractivity contribution >= 4 is 5.78 Å². The van der Waals surface area contributed by atoms with Gasteiger partial charge in [0, 0.05) is 24.9 Å². The van der Waals surface area contributed by atoms with Crippen LogP contribution in [0.1, 0.15) is 51.4 Å². The molecule has 90 valence electrons. The number of carbonyl (C=O) groups excluding carboxylic acids is 1. The molecule has 1 saturated heterocycles. The first kappa shape index (κ1) is 10.8. The highest BCUT2D eigenvalue weighted by Crippen LogP contribution is 2.37. The van der Waals surface area contributed by atoms with Gasteiger partial charge in [-0.3, -0.25) is 9.69 Å². The maximum atomic E-state index is 11.7. The Morgan fingerprint density at radius 2 is 1.94 bits per heavy atom. The molecule has 0 aromatic carbocycles. The van der Waals surface area contributed by atoms with Crippen molar-refractivity contribution in [1.82, 2.24) is 4.90 Å². The lowest BCUT2D eigenvalue weighted by Crippen LogP contribution is -2.38. The number of likely N-dealkylation sites (tertiary alicyclic amines) is 1. The van der Waals surface area contributed by atoms with Crippen LogP contribution in [-0.4, -0.2) is 29.8 Å². The van der Waals surface area contributed by atoms with Gasteiger partial charge < -0.3 is 0 Å². The second kappa shape index (κ2) is 4.48. The number of Topliss-reactive ketones (excluding diaryl/α,β-unsaturated/α-hetero) is 1. The van der Waals surface area contributed by atoms with Crippen molar-refractivity contribution in [3.8, 4) is 0 Å². The number of hydrogen-bond acceptors (Lipinski definition) is 2. The third kappa shape index (κ3) is 1.92. The first-order chi connectivity index (χ1) is 7.84. The second-order valence-electron chi connectivity index (χ2n) is 5.95. The summed E-state index contributed by atoms with van der Waals surface area (Å²) in [5.74, 6) is 1.89. The maximum absolute atomic E-state index is 11.7. The van der Waals surface area contributed by atoms with Gasteiger partial charge in [-0.05, 0) is 44.6 Å². The minimum Gasteiger partial charge on any atom is -0.299 e. The number of fused-ring (bicyclic) bond motifs is 1. The lowest BCUT2D eigenvalue weighted by molar-refractivity contribution is -0.121. The van der Waals surface area contributed by atoms with Crippen LogP contribution in [0, 0.1) is 11.8 Å². The van der Waals surface area contributed by atoms with E-state index in [1.807, 2.05) is 0 Å². The van der Waals surface area contributed by atoms with Crippen LogP contribution in [0.3, 0.4) is 0 Å². The average Bonchev–Trinajstić information content (AvgIpc) is 2.88. The number of ketones is 1. The Morgan fingerprint density at radius 1 is 1.06 bits per heavy atom. The summed E-state index contributed by atoms with van der Waals surface area (Å²) in [6, 6.07) is 0.835. The van der Waals surface area contributed by atoms with Gasteiger partial charge in [-0.1, -0.05) is 12.8 Å². The van der Waals surface area contributed by atoms with Crippen molar-refractivity contribution < 1.29 is 4.79 Å². The largest absolute Gasteiger partial charge is 0.299 e. The molecule has 3 aliphatic rings. The fourth-order valence-corrected chi connectivity index (χ4v) is 4.09. The highest BCUT2D eigenvalue weighted by Gasteiger charge is 2.37. The summed E-state index contributed by atoms with van der Waals surface area (Å²) in [6.45, 7) is 2.35. The molecule has 16 heavy (non-hydrogen) atoms. The quantitative estimate of drug-likeness (QED) is 0.714. The highest BCUT2D eigenvalue weighted by molar-refractivity contribution is 5.83. The number of carbonyl (C=O) groups is 1. The van der Waals surface area contributed by atoms with Crippen molar-refractivity contribution in [3.05, 3.63) is 0 Å². The lowest BCUT2D eigenvalue weighted by Gasteiger charge is -2.32. The van der Waals surface area contributed by atoms with E-state index in [4.69, 9.17) is 0 Å². The van der Waals surface area contributed by atoms with Crippen LogP contribution in [0.4, 0.5) is 0 Å². The van der Waals surface area contributed by atoms with E-state index in [-0.39, 0.29) is 0 Å². The molecule has 3 atom stereocenters. The molecule has 1 aliphatic heterocycles. The van der Waals surface area contributed by atoms with Crippen LogP contribution in [0.2, 0.25) is 0 Å². The summed E-state index contributed by atoms with van der Waals surface area (Å²) in [5.41, 5.74) is 0. The van der Waals surface area contributed by atoms with Crippen LogP contribution in [0.5, 0.6) is 0 Å². The Morgan fingerprint density at radius 3 is 2.75 bits per heavy atom. The van der Waals surface area contributed by atoms with Gasteiger partial charge >= 0.3 is 0 Å². The van der Waals surface area contributed by atoms with Crippen molar-refractivity contribution in [2.75, 3.05) is 13.1 Å². The van der Waals surface area contributed by atoms with Crippen LogP contribution < -0.4 is 0 Å². The zero-order chi connectivity index (χ0) is 11.0. The van der Waals surface area contributed by atoms with Crippen molar-refractivity contribution in [2.45, 2.75) is 57.4 Å². The van der Waals surface area contributed by atoms with E-state index in [1.54, 1.807) is 0 Å². The Kier molecular flexibility index (Phi) is 3.01. The molecule has 2 saturated carbocycles. The molecule has 3 fully saturated rings. The molecule has 1 heterocycles. The molecule has 3 unspecified atom stereocenters. The molecule has 0 amide bonds. The summed E-state index contributed by atoms with van der Waals surface area (Å²) in [6.07, 6.45) is 10.2. The van der Waals surface area contributed by atoms with Gasteiger partial charge in [0.1, 0.15) is 5.78 Å². The van der Waals surface area contributed by atoms with E-state index in [0.29, 0.717) is 11.7 Å². The third-order valence-electron chi connectivity index (χ3n) is 5.01. The van der Waals surface area contributed by atoms with E-state index in [0.717, 1.165) is 37.8 Å². The zero-order valence-corrected chi connectivity index (χ0v) is 10.2. The van der Waals surface area contributed by atoms with Crippen molar-refractivity contribution in [2.24, 2.45) is 11.8 Å². The first-order valence-corrected chi connectivity index (χ1v) is 7.11. The lowest BCUT2D eigenvalue weighted by atomic mass is 9.85. The minimum absolute atomic E-state index is 0.390. The smallest absolute Gasteiger partial charge is 0.137 e. The predicted molar refractivity (Wildman–Crippen MR) is 64.3 cm³/mol. The maximum Gasteiger partial charge on any atom is 0.137 e. The van der Waals surface area contributed by atoms with E-state index >= 15 is 0 Å². The molecule has 2 heteroatoms. The fraction of sp³-hybridized carbons (Fsp3) is 0.929. The van der Waals surface area contributed by atoms with Gasteiger partial charge in [-0.2, -0.15) is 0 Å². The summed E-state index contributed by atoms with van der Waals surface area (Å²) in [5, 5.41) is 0. The molecule has 2 aliphatic carbocycles. The van der Waals surface area contributed by atoms with Gasteiger partial charge in [0.15, 0.2) is 0 Å². The molecule has 0 radical (unpaired) electrons. The Balaban J connectivity index is 1.60. The molecule has 0 N–H and O–H groups in total. The predicted octanol–water partition coefficient (Wildman–Crippen LogP) is 2.62. The van der Waals surface area contributed by atoms with Gasteiger partial charge in [0.25, 0.3) is 0 Å². The van der Waals surface area contributed by atoms with Gasteiger partial charge in [0.2, 0.25) is 0 Å².